The number of benzene rings is 1. The molecule has 1 saturated heterocycles. The SMILES string of the molecule is CC(C)c1ccc(C(NN)C2CSCCO2)cc1. The molecule has 1 aliphatic heterocycles. The predicted molar refractivity (Wildman–Crippen MR) is 77.7 cm³/mol. The molecule has 1 aromatic rings. The summed E-state index contributed by atoms with van der Waals surface area (Å²) in [6.07, 6.45) is 0.165. The first-order valence-corrected chi connectivity index (χ1v) is 7.63. The van der Waals surface area contributed by atoms with E-state index >= 15 is 0 Å². The van der Waals surface area contributed by atoms with Gasteiger partial charge in [-0.25, -0.2) is 0 Å². The molecule has 1 aromatic carbocycles. The Morgan fingerprint density at radius 3 is 2.44 bits per heavy atom. The number of hydrazine groups is 1. The van der Waals surface area contributed by atoms with Crippen molar-refractivity contribution in [1.29, 1.82) is 0 Å². The number of thioether (sulfide) groups is 1. The second kappa shape index (κ2) is 6.57. The van der Waals surface area contributed by atoms with Gasteiger partial charge in [-0.1, -0.05) is 38.1 Å². The van der Waals surface area contributed by atoms with E-state index in [4.69, 9.17) is 10.6 Å². The third-order valence-corrected chi connectivity index (χ3v) is 4.37. The first kappa shape index (κ1) is 13.9. The molecule has 0 spiro atoms. The van der Waals surface area contributed by atoms with Crippen LogP contribution in [0, 0.1) is 0 Å². The molecule has 2 unspecified atom stereocenters. The Morgan fingerprint density at radius 1 is 1.28 bits per heavy atom. The van der Waals surface area contributed by atoms with E-state index in [1.165, 1.54) is 11.1 Å². The van der Waals surface area contributed by atoms with Gasteiger partial charge in [-0.3, -0.25) is 11.3 Å². The van der Waals surface area contributed by atoms with Crippen molar-refractivity contribution in [1.82, 2.24) is 5.43 Å². The number of rotatable bonds is 4. The summed E-state index contributed by atoms with van der Waals surface area (Å²) in [4.78, 5) is 0. The van der Waals surface area contributed by atoms with Crippen molar-refractivity contribution >= 4 is 11.8 Å². The average Bonchev–Trinajstić information content (AvgIpc) is 2.41. The molecule has 1 heterocycles. The van der Waals surface area contributed by atoms with Crippen LogP contribution in [-0.4, -0.2) is 24.2 Å². The standard InChI is InChI=1S/C14H22N2OS/c1-10(2)11-3-5-12(6-4-11)14(16-15)13-9-18-8-7-17-13/h3-6,10,13-14,16H,7-9,15H2,1-2H3. The number of nitrogens with two attached hydrogens (primary N) is 1. The lowest BCUT2D eigenvalue weighted by Gasteiger charge is -2.30. The largest absolute Gasteiger partial charge is 0.374 e. The molecular formula is C14H22N2OS. The fourth-order valence-corrected chi connectivity index (χ4v) is 3.11. The second-order valence-electron chi connectivity index (χ2n) is 4.95. The fourth-order valence-electron chi connectivity index (χ4n) is 2.20. The van der Waals surface area contributed by atoms with Crippen LogP contribution in [0.2, 0.25) is 0 Å². The van der Waals surface area contributed by atoms with Crippen LogP contribution in [0.15, 0.2) is 24.3 Å². The molecule has 18 heavy (non-hydrogen) atoms. The first-order valence-electron chi connectivity index (χ1n) is 6.47. The summed E-state index contributed by atoms with van der Waals surface area (Å²) in [5.74, 6) is 8.34. The van der Waals surface area contributed by atoms with E-state index in [-0.39, 0.29) is 12.1 Å². The highest BCUT2D eigenvalue weighted by Crippen LogP contribution is 2.26. The summed E-state index contributed by atoms with van der Waals surface area (Å²) in [7, 11) is 0. The molecule has 2 rings (SSSR count). The normalized spacial score (nSPS) is 22.1. The van der Waals surface area contributed by atoms with Crippen LogP contribution in [-0.2, 0) is 4.74 Å². The third kappa shape index (κ3) is 3.26. The summed E-state index contributed by atoms with van der Waals surface area (Å²) in [5.41, 5.74) is 5.46. The minimum absolute atomic E-state index is 0.0824. The van der Waals surface area contributed by atoms with Crippen molar-refractivity contribution < 1.29 is 4.74 Å². The fraction of sp³-hybridized carbons (Fsp3) is 0.571. The highest BCUT2D eigenvalue weighted by atomic mass is 32.2. The molecule has 3 nitrogen and oxygen atoms in total. The molecule has 0 amide bonds. The third-order valence-electron chi connectivity index (χ3n) is 3.36. The smallest absolute Gasteiger partial charge is 0.0873 e. The first-order chi connectivity index (χ1) is 8.72. The Balaban J connectivity index is 2.11. The molecule has 0 aromatic heterocycles. The van der Waals surface area contributed by atoms with Crippen molar-refractivity contribution in [2.45, 2.75) is 31.9 Å². The molecule has 0 saturated carbocycles. The topological polar surface area (TPSA) is 47.3 Å². The summed E-state index contributed by atoms with van der Waals surface area (Å²) < 4.78 is 5.80. The zero-order valence-electron chi connectivity index (χ0n) is 11.1. The van der Waals surface area contributed by atoms with Crippen LogP contribution in [0.3, 0.4) is 0 Å². The number of ether oxygens (including phenoxy) is 1. The molecule has 4 heteroatoms. The Hall–Kier alpha value is -0.550. The van der Waals surface area contributed by atoms with Crippen LogP contribution < -0.4 is 11.3 Å². The number of nitrogens with one attached hydrogen (secondary N) is 1. The van der Waals surface area contributed by atoms with Gasteiger partial charge >= 0.3 is 0 Å². The minimum Gasteiger partial charge on any atom is -0.374 e. The molecule has 3 N–H and O–H groups in total. The molecular weight excluding hydrogens is 244 g/mol. The molecule has 1 fully saturated rings. The lowest BCUT2D eigenvalue weighted by Crippen LogP contribution is -2.41. The van der Waals surface area contributed by atoms with Gasteiger partial charge in [0.25, 0.3) is 0 Å². The summed E-state index contributed by atoms with van der Waals surface area (Å²) in [6, 6.07) is 8.75. The highest BCUT2D eigenvalue weighted by molar-refractivity contribution is 7.99. The average molecular weight is 266 g/mol. The number of hydrogen-bond donors (Lipinski definition) is 2. The zero-order chi connectivity index (χ0) is 13.0. The van der Waals surface area contributed by atoms with Gasteiger partial charge in [0, 0.05) is 11.5 Å². The second-order valence-corrected chi connectivity index (χ2v) is 6.10. The quantitative estimate of drug-likeness (QED) is 0.649. The predicted octanol–water partition coefficient (Wildman–Crippen LogP) is 2.45. The van der Waals surface area contributed by atoms with Crippen molar-refractivity contribution in [3.8, 4) is 0 Å². The maximum Gasteiger partial charge on any atom is 0.0873 e. The molecule has 1 aliphatic rings. The lowest BCUT2D eigenvalue weighted by molar-refractivity contribution is 0.0468. The van der Waals surface area contributed by atoms with Gasteiger partial charge in [0.2, 0.25) is 0 Å². The maximum atomic E-state index is 5.80. The van der Waals surface area contributed by atoms with Gasteiger partial charge in [0.05, 0.1) is 18.8 Å². The van der Waals surface area contributed by atoms with Crippen molar-refractivity contribution in [2.24, 2.45) is 5.84 Å². The van der Waals surface area contributed by atoms with Crippen LogP contribution in [0.25, 0.3) is 0 Å². The molecule has 0 aliphatic carbocycles. The monoisotopic (exact) mass is 266 g/mol. The van der Waals surface area contributed by atoms with E-state index < -0.39 is 0 Å². The van der Waals surface area contributed by atoms with Gasteiger partial charge in [0.15, 0.2) is 0 Å². The summed E-state index contributed by atoms with van der Waals surface area (Å²) in [5, 5.41) is 0. The minimum atomic E-state index is 0.0824. The van der Waals surface area contributed by atoms with Crippen LogP contribution in [0.4, 0.5) is 0 Å². The van der Waals surface area contributed by atoms with E-state index in [0.717, 1.165) is 18.1 Å². The Bertz CT molecular complexity index is 361. The van der Waals surface area contributed by atoms with E-state index in [1.807, 2.05) is 11.8 Å². The number of hydrogen-bond acceptors (Lipinski definition) is 4. The Kier molecular flexibility index (Phi) is 5.06. The maximum absolute atomic E-state index is 5.80. The van der Waals surface area contributed by atoms with E-state index in [0.29, 0.717) is 5.92 Å². The van der Waals surface area contributed by atoms with Crippen molar-refractivity contribution in [2.75, 3.05) is 18.1 Å². The van der Waals surface area contributed by atoms with E-state index in [1.54, 1.807) is 0 Å². The van der Waals surface area contributed by atoms with Gasteiger partial charge in [-0.05, 0) is 17.0 Å². The Morgan fingerprint density at radius 2 is 1.94 bits per heavy atom. The highest BCUT2D eigenvalue weighted by Gasteiger charge is 2.25. The van der Waals surface area contributed by atoms with Gasteiger partial charge in [-0.15, -0.1) is 0 Å². The Labute approximate surface area is 113 Å². The van der Waals surface area contributed by atoms with Crippen LogP contribution in [0.1, 0.15) is 36.9 Å². The van der Waals surface area contributed by atoms with Crippen LogP contribution in [0.5, 0.6) is 0 Å². The summed E-state index contributed by atoms with van der Waals surface area (Å²) in [6.45, 7) is 5.22. The van der Waals surface area contributed by atoms with E-state index in [2.05, 4.69) is 43.5 Å². The lowest BCUT2D eigenvalue weighted by atomic mass is 9.97. The molecule has 0 bridgehead atoms. The molecule has 0 radical (unpaired) electrons. The van der Waals surface area contributed by atoms with Crippen molar-refractivity contribution in [3.05, 3.63) is 35.4 Å². The zero-order valence-corrected chi connectivity index (χ0v) is 11.9. The molecule has 100 valence electrons. The van der Waals surface area contributed by atoms with Gasteiger partial charge < -0.3 is 4.74 Å². The van der Waals surface area contributed by atoms with Crippen molar-refractivity contribution in [3.63, 3.8) is 0 Å². The van der Waals surface area contributed by atoms with Gasteiger partial charge in [0.1, 0.15) is 0 Å². The van der Waals surface area contributed by atoms with Gasteiger partial charge in [-0.2, -0.15) is 11.8 Å². The molecule has 2 atom stereocenters. The van der Waals surface area contributed by atoms with E-state index in [9.17, 15) is 0 Å². The van der Waals surface area contributed by atoms with Crippen LogP contribution >= 0.6 is 11.8 Å². The summed E-state index contributed by atoms with van der Waals surface area (Å²) >= 11 is 1.93.